The van der Waals surface area contributed by atoms with Crippen LogP contribution in [-0.2, 0) is 25.5 Å². The molecule has 0 spiro atoms. The van der Waals surface area contributed by atoms with Crippen LogP contribution in [0, 0.1) is 17.9 Å². The summed E-state index contributed by atoms with van der Waals surface area (Å²) in [7, 11) is 0. The van der Waals surface area contributed by atoms with Crippen LogP contribution in [0.4, 0.5) is 0 Å². The molecule has 1 radical (unpaired) electrons. The number of hydrogen-bond donors (Lipinski definition) is 2. The minimum absolute atomic E-state index is 0. The summed E-state index contributed by atoms with van der Waals surface area (Å²) in [4.78, 5) is 4.55. The molecule has 0 amide bonds. The molecular formula is C35H44IrNO2Se-. The van der Waals surface area contributed by atoms with E-state index in [-0.39, 0.29) is 37.7 Å². The maximum absolute atomic E-state index is 10.2. The molecule has 2 aromatic carbocycles. The van der Waals surface area contributed by atoms with Crippen LogP contribution in [0.2, 0.25) is 0 Å². The SMILES string of the molecule is CC1(C)c2ccccc2[Se]c2cc[c-]c(-c3ccccn3)c21.OC(CC(O)C1CCCCC1)C1CCCCC1.[Ir]. The molecule has 217 valence electrons. The summed E-state index contributed by atoms with van der Waals surface area (Å²) in [5, 5.41) is 20.4. The summed E-state index contributed by atoms with van der Waals surface area (Å²) in [5.74, 6) is 0.920. The van der Waals surface area contributed by atoms with Gasteiger partial charge >= 0.3 is 137 Å². The van der Waals surface area contributed by atoms with Crippen molar-refractivity contribution in [3.05, 3.63) is 78.0 Å². The summed E-state index contributed by atoms with van der Waals surface area (Å²) >= 11 is 0.347. The average Bonchev–Trinajstić information content (AvgIpc) is 2.98. The van der Waals surface area contributed by atoms with Crippen LogP contribution >= 0.6 is 0 Å². The zero-order valence-corrected chi connectivity index (χ0v) is 28.1. The van der Waals surface area contributed by atoms with E-state index < -0.39 is 0 Å². The molecule has 5 heteroatoms. The molecule has 40 heavy (non-hydrogen) atoms. The number of nitrogens with zero attached hydrogens (tertiary/aromatic N) is 1. The molecule has 3 aromatic rings. The van der Waals surface area contributed by atoms with Crippen molar-refractivity contribution < 1.29 is 30.3 Å². The second-order valence-electron chi connectivity index (χ2n) is 12.2. The van der Waals surface area contributed by atoms with E-state index in [4.69, 9.17) is 0 Å². The van der Waals surface area contributed by atoms with E-state index in [0.29, 0.717) is 33.2 Å². The summed E-state index contributed by atoms with van der Waals surface area (Å²) < 4.78 is 2.95. The fraction of sp³-hybridized carbons (Fsp3) is 0.514. The first-order chi connectivity index (χ1) is 18.9. The Bertz CT molecular complexity index is 1180. The quantitative estimate of drug-likeness (QED) is 0.243. The number of fused-ring (bicyclic) bond motifs is 2. The molecule has 1 aliphatic heterocycles. The molecule has 2 unspecified atom stereocenters. The van der Waals surface area contributed by atoms with E-state index in [0.717, 1.165) is 11.3 Å². The normalized spacial score (nSPS) is 20.1. The van der Waals surface area contributed by atoms with Crippen molar-refractivity contribution in [2.45, 2.75) is 102 Å². The number of pyridine rings is 1. The number of aliphatic hydroxyl groups is 2. The minimum atomic E-state index is -0.257. The van der Waals surface area contributed by atoms with Gasteiger partial charge in [0.15, 0.2) is 0 Å². The number of rotatable bonds is 5. The zero-order chi connectivity index (χ0) is 27.2. The molecule has 2 aliphatic carbocycles. The Hall–Kier alpha value is -1.32. The number of hydrogen-bond acceptors (Lipinski definition) is 3. The largest absolute Gasteiger partial charge is 0.393 e. The molecule has 6 rings (SSSR count). The molecule has 2 atom stereocenters. The Balaban J connectivity index is 0.000000187. The average molecular weight is 782 g/mol. The van der Waals surface area contributed by atoms with Gasteiger partial charge in [0, 0.05) is 20.1 Å². The molecular weight excluding hydrogens is 738 g/mol. The third-order valence-electron chi connectivity index (χ3n) is 9.16. The summed E-state index contributed by atoms with van der Waals surface area (Å²) in [5.41, 5.74) is 4.99. The standard InChI is InChI=1S/C20H16NSe.C15H28O2.Ir/c1-20(2)15-9-3-4-11-17(15)22-18-12-7-8-14(19(18)20)16-10-5-6-13-21-16;16-14(12-7-3-1-4-8-12)11-15(17)13-9-5-2-6-10-13;/h3-7,9-13H,1-2H3;12-17H,1-11H2;/q-1;;. The molecule has 0 bridgehead atoms. The first-order valence-electron chi connectivity index (χ1n) is 15.0. The summed E-state index contributed by atoms with van der Waals surface area (Å²) in [6.45, 7) is 4.64. The van der Waals surface area contributed by atoms with Crippen LogP contribution in [0.5, 0.6) is 0 Å². The molecule has 1 aromatic heterocycles. The van der Waals surface area contributed by atoms with Crippen LogP contribution in [-0.4, -0.2) is 42.4 Å². The Morgan fingerprint density at radius 3 is 2.02 bits per heavy atom. The van der Waals surface area contributed by atoms with Gasteiger partial charge in [-0.25, -0.2) is 0 Å². The van der Waals surface area contributed by atoms with Crippen molar-refractivity contribution >= 4 is 23.9 Å². The third-order valence-corrected chi connectivity index (χ3v) is 11.5. The molecule has 2 saturated carbocycles. The molecule has 3 aliphatic rings. The zero-order valence-electron chi connectivity index (χ0n) is 23.9. The van der Waals surface area contributed by atoms with Crippen molar-refractivity contribution in [2.24, 2.45) is 11.8 Å². The van der Waals surface area contributed by atoms with Crippen LogP contribution in [0.3, 0.4) is 0 Å². The Labute approximate surface area is 261 Å². The van der Waals surface area contributed by atoms with Crippen molar-refractivity contribution in [3.8, 4) is 11.3 Å². The Morgan fingerprint density at radius 2 is 1.43 bits per heavy atom. The van der Waals surface area contributed by atoms with Crippen LogP contribution < -0.4 is 8.92 Å². The van der Waals surface area contributed by atoms with E-state index in [1.165, 1.54) is 84.3 Å². The van der Waals surface area contributed by atoms with Gasteiger partial charge in [-0.15, -0.1) is 0 Å². The molecule has 2 fully saturated rings. The maximum Gasteiger partial charge on any atom is 0.0593 e. The van der Waals surface area contributed by atoms with Gasteiger partial charge in [-0.1, -0.05) is 38.5 Å². The van der Waals surface area contributed by atoms with Gasteiger partial charge in [-0.05, 0) is 43.9 Å². The summed E-state index contributed by atoms with van der Waals surface area (Å²) in [6, 6.07) is 22.7. The number of aliphatic hydroxyl groups excluding tert-OH is 2. The molecule has 2 heterocycles. The van der Waals surface area contributed by atoms with Gasteiger partial charge in [0.2, 0.25) is 0 Å². The van der Waals surface area contributed by atoms with E-state index in [1.54, 1.807) is 0 Å². The van der Waals surface area contributed by atoms with E-state index >= 15 is 0 Å². The Kier molecular flexibility index (Phi) is 11.6. The topological polar surface area (TPSA) is 53.4 Å². The third kappa shape index (κ3) is 7.35. The molecule has 3 nitrogen and oxygen atoms in total. The number of aromatic nitrogens is 1. The Morgan fingerprint density at radius 1 is 0.825 bits per heavy atom. The van der Waals surface area contributed by atoms with Crippen LogP contribution in [0.25, 0.3) is 11.3 Å². The fourth-order valence-electron chi connectivity index (χ4n) is 6.89. The van der Waals surface area contributed by atoms with E-state index in [9.17, 15) is 10.2 Å². The predicted octanol–water partition coefficient (Wildman–Crippen LogP) is 6.10. The van der Waals surface area contributed by atoms with E-state index in [1.807, 2.05) is 18.3 Å². The van der Waals surface area contributed by atoms with Gasteiger partial charge < -0.3 is 10.2 Å². The van der Waals surface area contributed by atoms with Gasteiger partial charge in [-0.3, -0.25) is 0 Å². The van der Waals surface area contributed by atoms with Gasteiger partial charge in [0.1, 0.15) is 0 Å². The second-order valence-corrected chi connectivity index (χ2v) is 14.5. The molecule has 2 N–H and O–H groups in total. The van der Waals surface area contributed by atoms with Crippen molar-refractivity contribution in [1.29, 1.82) is 0 Å². The second kappa shape index (κ2) is 14.7. The fourth-order valence-corrected chi connectivity index (χ4v) is 9.86. The van der Waals surface area contributed by atoms with Crippen molar-refractivity contribution in [2.75, 3.05) is 0 Å². The van der Waals surface area contributed by atoms with Crippen LogP contribution in [0.1, 0.15) is 95.6 Å². The van der Waals surface area contributed by atoms with E-state index in [2.05, 4.69) is 67.4 Å². The number of benzene rings is 2. The molecule has 0 saturated heterocycles. The monoisotopic (exact) mass is 783 g/mol. The predicted molar refractivity (Wildman–Crippen MR) is 162 cm³/mol. The van der Waals surface area contributed by atoms with Gasteiger partial charge in [0.05, 0.1) is 12.2 Å². The summed E-state index contributed by atoms with van der Waals surface area (Å²) in [6.07, 6.45) is 14.3. The van der Waals surface area contributed by atoms with Crippen molar-refractivity contribution in [1.82, 2.24) is 4.98 Å². The first kappa shape index (κ1) is 31.6. The minimum Gasteiger partial charge on any atom is -0.393 e. The van der Waals surface area contributed by atoms with Gasteiger partial charge in [-0.2, -0.15) is 0 Å². The maximum atomic E-state index is 10.2. The first-order valence-corrected chi connectivity index (χ1v) is 16.8. The van der Waals surface area contributed by atoms with Gasteiger partial charge in [0.25, 0.3) is 0 Å². The smallest absolute Gasteiger partial charge is 0.0593 e. The van der Waals surface area contributed by atoms with Crippen molar-refractivity contribution in [3.63, 3.8) is 0 Å². The van der Waals surface area contributed by atoms with Crippen LogP contribution in [0.15, 0.2) is 60.8 Å².